The molecule has 0 aliphatic heterocycles. The third-order valence-electron chi connectivity index (χ3n) is 3.93. The van der Waals surface area contributed by atoms with E-state index in [1.165, 1.54) is 0 Å². The van der Waals surface area contributed by atoms with E-state index in [1.807, 2.05) is 43.3 Å². The van der Waals surface area contributed by atoms with E-state index >= 15 is 0 Å². The van der Waals surface area contributed by atoms with Gasteiger partial charge < -0.3 is 10.4 Å². The van der Waals surface area contributed by atoms with Crippen LogP contribution in [0.1, 0.15) is 32.8 Å². The SMILES string of the molecule is CC(C)CNCCC(C)(O)c1ccccc1-c1ccccc1. The van der Waals surface area contributed by atoms with Gasteiger partial charge >= 0.3 is 0 Å². The van der Waals surface area contributed by atoms with Gasteiger partial charge in [0.1, 0.15) is 0 Å². The van der Waals surface area contributed by atoms with Gasteiger partial charge in [0.15, 0.2) is 0 Å². The largest absolute Gasteiger partial charge is 0.385 e. The Balaban J connectivity index is 2.17. The van der Waals surface area contributed by atoms with Gasteiger partial charge in [0.2, 0.25) is 0 Å². The van der Waals surface area contributed by atoms with Gasteiger partial charge in [0.25, 0.3) is 0 Å². The van der Waals surface area contributed by atoms with E-state index in [1.54, 1.807) is 0 Å². The molecule has 0 saturated carbocycles. The Morgan fingerprint density at radius 2 is 1.64 bits per heavy atom. The number of rotatable bonds is 7. The van der Waals surface area contributed by atoms with E-state index < -0.39 is 5.60 Å². The zero-order valence-electron chi connectivity index (χ0n) is 13.8. The van der Waals surface area contributed by atoms with Crippen LogP contribution in [-0.4, -0.2) is 18.2 Å². The average molecular weight is 297 g/mol. The first-order chi connectivity index (χ1) is 10.5. The lowest BCUT2D eigenvalue weighted by Gasteiger charge is -2.27. The minimum atomic E-state index is -0.837. The van der Waals surface area contributed by atoms with Gasteiger partial charge in [-0.25, -0.2) is 0 Å². The Hall–Kier alpha value is -1.64. The van der Waals surface area contributed by atoms with Crippen LogP contribution in [0.25, 0.3) is 11.1 Å². The van der Waals surface area contributed by atoms with Crippen molar-refractivity contribution < 1.29 is 5.11 Å². The van der Waals surface area contributed by atoms with Crippen LogP contribution in [0.2, 0.25) is 0 Å². The summed E-state index contributed by atoms with van der Waals surface area (Å²) >= 11 is 0. The fourth-order valence-electron chi connectivity index (χ4n) is 2.68. The molecule has 0 aliphatic carbocycles. The second-order valence-electron chi connectivity index (χ2n) is 6.53. The van der Waals surface area contributed by atoms with Crippen molar-refractivity contribution in [3.8, 4) is 11.1 Å². The molecule has 22 heavy (non-hydrogen) atoms. The molecule has 2 rings (SSSR count). The van der Waals surface area contributed by atoms with Crippen LogP contribution in [0.4, 0.5) is 0 Å². The Morgan fingerprint density at radius 3 is 2.32 bits per heavy atom. The standard InChI is InChI=1S/C20H27NO/c1-16(2)15-21-14-13-20(3,22)19-12-8-7-11-18(19)17-9-5-4-6-10-17/h4-12,16,21-22H,13-15H2,1-3H3. The molecule has 118 valence electrons. The molecule has 0 spiro atoms. The molecule has 2 heteroatoms. The molecule has 0 fully saturated rings. The molecule has 2 N–H and O–H groups in total. The van der Waals surface area contributed by atoms with Crippen LogP contribution >= 0.6 is 0 Å². The average Bonchev–Trinajstić information content (AvgIpc) is 2.52. The summed E-state index contributed by atoms with van der Waals surface area (Å²) in [5.74, 6) is 0.626. The van der Waals surface area contributed by atoms with Crippen LogP contribution in [0.3, 0.4) is 0 Å². The number of hydrogen-bond donors (Lipinski definition) is 2. The number of nitrogens with one attached hydrogen (secondary N) is 1. The van der Waals surface area contributed by atoms with Gasteiger partial charge in [-0.05, 0) is 49.0 Å². The summed E-state index contributed by atoms with van der Waals surface area (Å²) in [4.78, 5) is 0. The predicted octanol–water partition coefficient (Wildman–Crippen LogP) is 4.20. The summed E-state index contributed by atoms with van der Waals surface area (Å²) in [7, 11) is 0. The summed E-state index contributed by atoms with van der Waals surface area (Å²) in [5, 5.41) is 14.4. The molecule has 1 unspecified atom stereocenters. The normalized spacial score (nSPS) is 14.0. The fraction of sp³-hybridized carbons (Fsp3) is 0.400. The van der Waals surface area contributed by atoms with E-state index in [9.17, 15) is 5.11 Å². The van der Waals surface area contributed by atoms with Gasteiger partial charge in [0, 0.05) is 0 Å². The van der Waals surface area contributed by atoms with Crippen molar-refractivity contribution in [1.82, 2.24) is 5.32 Å². The second-order valence-corrected chi connectivity index (χ2v) is 6.53. The minimum absolute atomic E-state index is 0.626. The molecule has 0 aromatic heterocycles. The summed E-state index contributed by atoms with van der Waals surface area (Å²) in [6, 6.07) is 18.4. The van der Waals surface area contributed by atoms with Gasteiger partial charge in [-0.2, -0.15) is 0 Å². The summed E-state index contributed by atoms with van der Waals surface area (Å²) in [5.41, 5.74) is 2.41. The number of aliphatic hydroxyl groups is 1. The highest BCUT2D eigenvalue weighted by molar-refractivity contribution is 5.68. The molecule has 0 saturated heterocycles. The molecule has 1 atom stereocenters. The van der Waals surface area contributed by atoms with Crippen molar-refractivity contribution in [2.45, 2.75) is 32.8 Å². The van der Waals surface area contributed by atoms with Crippen LogP contribution in [-0.2, 0) is 5.60 Å². The smallest absolute Gasteiger partial charge is 0.0886 e. The quantitative estimate of drug-likeness (QED) is 0.751. The monoisotopic (exact) mass is 297 g/mol. The Kier molecular flexibility index (Phi) is 5.76. The van der Waals surface area contributed by atoms with Gasteiger partial charge in [-0.3, -0.25) is 0 Å². The van der Waals surface area contributed by atoms with Crippen molar-refractivity contribution in [1.29, 1.82) is 0 Å². The maximum Gasteiger partial charge on any atom is 0.0886 e. The summed E-state index contributed by atoms with van der Waals surface area (Å²) in [6.07, 6.45) is 0.698. The first kappa shape index (κ1) is 16.7. The molecule has 0 aliphatic rings. The Labute approximate surface area is 134 Å². The predicted molar refractivity (Wildman–Crippen MR) is 93.8 cm³/mol. The Bertz CT molecular complexity index is 575. The van der Waals surface area contributed by atoms with E-state index in [0.717, 1.165) is 29.8 Å². The topological polar surface area (TPSA) is 32.3 Å². The molecule has 2 nitrogen and oxygen atoms in total. The lowest BCUT2D eigenvalue weighted by molar-refractivity contribution is 0.0484. The van der Waals surface area contributed by atoms with E-state index in [2.05, 4.69) is 37.4 Å². The molecule has 0 bridgehead atoms. The van der Waals surface area contributed by atoms with Crippen molar-refractivity contribution in [3.63, 3.8) is 0 Å². The highest BCUT2D eigenvalue weighted by Gasteiger charge is 2.25. The summed E-state index contributed by atoms with van der Waals surface area (Å²) < 4.78 is 0. The van der Waals surface area contributed by atoms with Crippen molar-refractivity contribution in [3.05, 3.63) is 60.2 Å². The fourth-order valence-corrected chi connectivity index (χ4v) is 2.68. The van der Waals surface area contributed by atoms with E-state index in [0.29, 0.717) is 12.3 Å². The van der Waals surface area contributed by atoms with Crippen LogP contribution < -0.4 is 5.32 Å². The van der Waals surface area contributed by atoms with Crippen LogP contribution in [0.5, 0.6) is 0 Å². The van der Waals surface area contributed by atoms with Gasteiger partial charge in [0.05, 0.1) is 5.60 Å². The maximum atomic E-state index is 11.0. The van der Waals surface area contributed by atoms with Crippen molar-refractivity contribution in [2.24, 2.45) is 5.92 Å². The molecule has 0 radical (unpaired) electrons. The highest BCUT2D eigenvalue weighted by Crippen LogP contribution is 2.33. The van der Waals surface area contributed by atoms with Gasteiger partial charge in [-0.1, -0.05) is 68.4 Å². The first-order valence-electron chi connectivity index (χ1n) is 8.09. The molecular weight excluding hydrogens is 270 g/mol. The second kappa shape index (κ2) is 7.57. The molecule has 2 aromatic carbocycles. The first-order valence-corrected chi connectivity index (χ1v) is 8.09. The third-order valence-corrected chi connectivity index (χ3v) is 3.93. The lowest BCUT2D eigenvalue weighted by atomic mass is 9.86. The van der Waals surface area contributed by atoms with Crippen LogP contribution in [0, 0.1) is 5.92 Å². The third kappa shape index (κ3) is 4.43. The minimum Gasteiger partial charge on any atom is -0.385 e. The van der Waals surface area contributed by atoms with E-state index in [4.69, 9.17) is 0 Å². The molecule has 2 aromatic rings. The zero-order chi connectivity index (χ0) is 16.0. The van der Waals surface area contributed by atoms with Gasteiger partial charge in [-0.15, -0.1) is 0 Å². The zero-order valence-corrected chi connectivity index (χ0v) is 13.8. The maximum absolute atomic E-state index is 11.0. The molecular formula is C20H27NO. The van der Waals surface area contributed by atoms with Crippen molar-refractivity contribution in [2.75, 3.05) is 13.1 Å². The molecule has 0 heterocycles. The van der Waals surface area contributed by atoms with E-state index in [-0.39, 0.29) is 0 Å². The summed E-state index contributed by atoms with van der Waals surface area (Å²) in [6.45, 7) is 8.09. The van der Waals surface area contributed by atoms with Crippen molar-refractivity contribution >= 4 is 0 Å². The highest BCUT2D eigenvalue weighted by atomic mass is 16.3. The molecule has 0 amide bonds. The van der Waals surface area contributed by atoms with Crippen LogP contribution in [0.15, 0.2) is 54.6 Å². The number of benzene rings is 2. The lowest BCUT2D eigenvalue weighted by Crippen LogP contribution is -2.30. The number of hydrogen-bond acceptors (Lipinski definition) is 2. The Morgan fingerprint density at radius 1 is 1.00 bits per heavy atom.